The summed E-state index contributed by atoms with van der Waals surface area (Å²) in [4.78, 5) is 39.1. The number of alkyl carbamates (subject to hydrolysis) is 1. The van der Waals surface area contributed by atoms with Gasteiger partial charge in [0.25, 0.3) is 0 Å². The van der Waals surface area contributed by atoms with Crippen molar-refractivity contribution in [3.8, 4) is 0 Å². The van der Waals surface area contributed by atoms with Crippen LogP contribution in [0.2, 0.25) is 0 Å². The number of nitrogens with zero attached hydrogens (tertiary/aromatic N) is 1. The number of piperidine rings is 1. The van der Waals surface area contributed by atoms with Gasteiger partial charge in [-0.25, -0.2) is 4.79 Å². The summed E-state index contributed by atoms with van der Waals surface area (Å²) >= 11 is 0. The number of hydrogen-bond acceptors (Lipinski definition) is 5. The molecule has 1 aromatic rings. The number of nitrogens with one attached hydrogen (secondary N) is 3. The zero-order valence-corrected chi connectivity index (χ0v) is 19.2. The van der Waals surface area contributed by atoms with E-state index in [1.165, 1.54) is 5.56 Å². The molecule has 8 heteroatoms. The molecule has 0 saturated carbocycles. The van der Waals surface area contributed by atoms with Crippen molar-refractivity contribution >= 4 is 17.9 Å². The summed E-state index contributed by atoms with van der Waals surface area (Å²) < 4.78 is 5.15. The Morgan fingerprint density at radius 2 is 1.71 bits per heavy atom. The normalized spacial score (nSPS) is 19.1. The maximum atomic E-state index is 12.6. The van der Waals surface area contributed by atoms with Crippen molar-refractivity contribution in [3.63, 3.8) is 0 Å². The smallest absolute Gasteiger partial charge is 0.408 e. The van der Waals surface area contributed by atoms with E-state index in [0.717, 1.165) is 32.5 Å². The van der Waals surface area contributed by atoms with Gasteiger partial charge in [0.1, 0.15) is 17.7 Å². The van der Waals surface area contributed by atoms with Crippen molar-refractivity contribution in [2.45, 2.75) is 77.7 Å². The minimum Gasteiger partial charge on any atom is -0.444 e. The van der Waals surface area contributed by atoms with E-state index in [2.05, 4.69) is 33.0 Å². The van der Waals surface area contributed by atoms with Crippen LogP contribution in [0.15, 0.2) is 30.3 Å². The lowest BCUT2D eigenvalue weighted by molar-refractivity contribution is -0.130. The highest BCUT2D eigenvalue weighted by atomic mass is 16.6. The summed E-state index contributed by atoms with van der Waals surface area (Å²) in [5.41, 5.74) is 0.601. The number of hydrogen-bond donors (Lipinski definition) is 3. The molecule has 2 rings (SSSR count). The Morgan fingerprint density at radius 3 is 2.35 bits per heavy atom. The highest BCUT2D eigenvalue weighted by Crippen LogP contribution is 2.14. The summed E-state index contributed by atoms with van der Waals surface area (Å²) in [5, 5.41) is 8.18. The quantitative estimate of drug-likeness (QED) is 0.613. The first kappa shape index (κ1) is 24.7. The van der Waals surface area contributed by atoms with Gasteiger partial charge in [0, 0.05) is 19.1 Å². The number of amides is 3. The van der Waals surface area contributed by atoms with Crippen molar-refractivity contribution < 1.29 is 19.1 Å². The van der Waals surface area contributed by atoms with Crippen molar-refractivity contribution in [1.82, 2.24) is 20.9 Å². The van der Waals surface area contributed by atoms with Crippen LogP contribution in [0.1, 0.15) is 53.0 Å². The molecule has 1 aliphatic heterocycles. The van der Waals surface area contributed by atoms with E-state index in [1.54, 1.807) is 34.6 Å². The highest BCUT2D eigenvalue weighted by Gasteiger charge is 2.26. The molecule has 8 nitrogen and oxygen atoms in total. The predicted molar refractivity (Wildman–Crippen MR) is 119 cm³/mol. The monoisotopic (exact) mass is 432 g/mol. The lowest BCUT2D eigenvalue weighted by atomic mass is 10.0. The summed E-state index contributed by atoms with van der Waals surface area (Å²) in [5.74, 6) is -0.674. The van der Waals surface area contributed by atoms with Crippen LogP contribution in [0, 0.1) is 0 Å². The van der Waals surface area contributed by atoms with Gasteiger partial charge >= 0.3 is 6.09 Å². The third kappa shape index (κ3) is 8.96. The van der Waals surface area contributed by atoms with Gasteiger partial charge in [-0.05, 0) is 59.6 Å². The second kappa shape index (κ2) is 11.1. The number of ether oxygens (including phenoxy) is 1. The summed E-state index contributed by atoms with van der Waals surface area (Å²) in [6, 6.07) is 8.78. The van der Waals surface area contributed by atoms with Crippen molar-refractivity contribution in [3.05, 3.63) is 35.9 Å². The first-order valence-corrected chi connectivity index (χ1v) is 10.9. The molecule has 172 valence electrons. The molecule has 0 unspecified atom stereocenters. The van der Waals surface area contributed by atoms with Gasteiger partial charge in [0.05, 0.1) is 0 Å². The number of carbonyl (C=O) groups excluding carboxylic acids is 3. The zero-order valence-electron chi connectivity index (χ0n) is 19.2. The van der Waals surface area contributed by atoms with E-state index in [9.17, 15) is 14.4 Å². The lowest BCUT2D eigenvalue weighted by Gasteiger charge is -2.33. The van der Waals surface area contributed by atoms with Crippen molar-refractivity contribution in [1.29, 1.82) is 0 Å². The number of carbonyl (C=O) groups is 3. The minimum absolute atomic E-state index is 0.0432. The molecule has 0 aliphatic carbocycles. The van der Waals surface area contributed by atoms with Crippen LogP contribution in [0.3, 0.4) is 0 Å². The fourth-order valence-electron chi connectivity index (χ4n) is 3.44. The highest BCUT2D eigenvalue weighted by molar-refractivity contribution is 5.90. The van der Waals surface area contributed by atoms with Crippen LogP contribution in [0.4, 0.5) is 4.79 Å². The SMILES string of the molecule is C[C@H](NC(=O)OC(C)(C)C)C(=O)N[C@@H](C)C(=O)N[C@@H]1CCCN(Cc2ccccc2)C1. The van der Waals surface area contributed by atoms with Gasteiger partial charge in [-0.2, -0.15) is 0 Å². The third-order valence-corrected chi connectivity index (χ3v) is 4.98. The van der Waals surface area contributed by atoms with E-state index >= 15 is 0 Å². The second-order valence-corrected chi connectivity index (χ2v) is 9.17. The molecule has 1 fully saturated rings. The van der Waals surface area contributed by atoms with Gasteiger partial charge in [-0.1, -0.05) is 30.3 Å². The van der Waals surface area contributed by atoms with Crippen molar-refractivity contribution in [2.75, 3.05) is 13.1 Å². The molecule has 0 radical (unpaired) electrons. The molecule has 31 heavy (non-hydrogen) atoms. The fourth-order valence-corrected chi connectivity index (χ4v) is 3.44. The maximum absolute atomic E-state index is 12.6. The molecule has 0 aromatic heterocycles. The van der Waals surface area contributed by atoms with Gasteiger partial charge < -0.3 is 20.7 Å². The van der Waals surface area contributed by atoms with E-state index in [0.29, 0.717) is 0 Å². The van der Waals surface area contributed by atoms with Crippen LogP contribution in [-0.2, 0) is 20.9 Å². The van der Waals surface area contributed by atoms with Gasteiger partial charge in [-0.3, -0.25) is 14.5 Å². The predicted octanol–water partition coefficient (Wildman–Crippen LogP) is 2.19. The Balaban J connectivity index is 1.77. The standard InChI is InChI=1S/C23H36N4O4/c1-16(24-20(28)17(2)25-22(30)31-23(3,4)5)21(29)26-19-12-9-13-27(15-19)14-18-10-7-6-8-11-18/h6-8,10-11,16-17,19H,9,12-15H2,1-5H3,(H,24,28)(H,25,30)(H,26,29)/t16-,17-,19+/m0/s1. The molecular weight excluding hydrogens is 396 g/mol. The molecule has 1 aliphatic rings. The maximum Gasteiger partial charge on any atom is 0.408 e. The zero-order chi connectivity index (χ0) is 23.0. The van der Waals surface area contributed by atoms with Crippen LogP contribution in [0.25, 0.3) is 0 Å². The molecule has 0 spiro atoms. The minimum atomic E-state index is -0.818. The van der Waals surface area contributed by atoms with Gasteiger partial charge in [0.2, 0.25) is 11.8 Å². The molecular formula is C23H36N4O4. The molecule has 0 bridgehead atoms. The van der Waals surface area contributed by atoms with Crippen LogP contribution >= 0.6 is 0 Å². The Bertz CT molecular complexity index is 748. The third-order valence-electron chi connectivity index (χ3n) is 4.98. The first-order valence-electron chi connectivity index (χ1n) is 10.9. The fraction of sp³-hybridized carbons (Fsp3) is 0.609. The van der Waals surface area contributed by atoms with Crippen LogP contribution in [-0.4, -0.2) is 59.6 Å². The molecule has 1 heterocycles. The van der Waals surface area contributed by atoms with Crippen LogP contribution in [0.5, 0.6) is 0 Å². The molecule has 1 aromatic carbocycles. The largest absolute Gasteiger partial charge is 0.444 e. The van der Waals surface area contributed by atoms with Crippen molar-refractivity contribution in [2.24, 2.45) is 0 Å². The average molecular weight is 433 g/mol. The summed E-state index contributed by atoms with van der Waals surface area (Å²) in [6.45, 7) is 11.1. The van der Waals surface area contributed by atoms with E-state index in [1.807, 2.05) is 18.2 Å². The van der Waals surface area contributed by atoms with Gasteiger partial charge in [-0.15, -0.1) is 0 Å². The molecule has 1 saturated heterocycles. The number of rotatable bonds is 7. The Labute approximate surface area is 185 Å². The molecule has 3 amide bonds. The summed E-state index contributed by atoms with van der Waals surface area (Å²) in [6.07, 6.45) is 1.25. The van der Waals surface area contributed by atoms with E-state index < -0.39 is 29.7 Å². The molecule has 3 atom stereocenters. The number of benzene rings is 1. The number of likely N-dealkylation sites (tertiary alicyclic amines) is 1. The van der Waals surface area contributed by atoms with E-state index in [4.69, 9.17) is 4.74 Å². The van der Waals surface area contributed by atoms with Crippen LogP contribution < -0.4 is 16.0 Å². The Kier molecular flexibility index (Phi) is 8.86. The van der Waals surface area contributed by atoms with Gasteiger partial charge in [0.15, 0.2) is 0 Å². The average Bonchev–Trinajstić information content (AvgIpc) is 2.67. The molecule has 3 N–H and O–H groups in total. The lowest BCUT2D eigenvalue weighted by Crippen LogP contribution is -2.55. The first-order chi connectivity index (χ1) is 14.5. The summed E-state index contributed by atoms with van der Waals surface area (Å²) in [7, 11) is 0. The Hall–Kier alpha value is -2.61. The topological polar surface area (TPSA) is 99.8 Å². The second-order valence-electron chi connectivity index (χ2n) is 9.17. The van der Waals surface area contributed by atoms with E-state index in [-0.39, 0.29) is 11.9 Å². The Morgan fingerprint density at radius 1 is 1.06 bits per heavy atom.